The van der Waals surface area contributed by atoms with E-state index in [2.05, 4.69) is 18.6 Å². The minimum Gasteiger partial charge on any atom is -0.408 e. The van der Waals surface area contributed by atoms with Crippen LogP contribution in [0.2, 0.25) is 0 Å². The smallest absolute Gasteiger partial charge is 0.408 e. The quantitative estimate of drug-likeness (QED) is 0.777. The van der Waals surface area contributed by atoms with E-state index in [0.717, 1.165) is 32.1 Å². The van der Waals surface area contributed by atoms with E-state index in [9.17, 15) is 18.0 Å². The highest BCUT2D eigenvalue weighted by Gasteiger charge is 2.27. The number of likely N-dealkylation sites (tertiary alicyclic amines) is 1. The van der Waals surface area contributed by atoms with Crippen LogP contribution in [0.4, 0.5) is 0 Å². The molecule has 30 heavy (non-hydrogen) atoms. The van der Waals surface area contributed by atoms with Crippen LogP contribution in [0, 0.1) is 11.8 Å². The van der Waals surface area contributed by atoms with Crippen LogP contribution in [0.15, 0.2) is 32.3 Å². The number of amides is 1. The Labute approximate surface area is 176 Å². The minimum atomic E-state index is -3.69. The summed E-state index contributed by atoms with van der Waals surface area (Å²) in [6, 6.07) is 4.31. The number of aromatic nitrogens is 1. The molecule has 0 radical (unpaired) electrons. The van der Waals surface area contributed by atoms with Gasteiger partial charge in [-0.25, -0.2) is 17.9 Å². The van der Waals surface area contributed by atoms with Gasteiger partial charge in [0.25, 0.3) is 0 Å². The summed E-state index contributed by atoms with van der Waals surface area (Å²) in [5.74, 6) is 0.0684. The maximum atomic E-state index is 12.8. The van der Waals surface area contributed by atoms with Gasteiger partial charge in [0.15, 0.2) is 5.58 Å². The molecule has 164 valence electrons. The first-order valence-corrected chi connectivity index (χ1v) is 12.1. The van der Waals surface area contributed by atoms with Crippen molar-refractivity contribution in [1.82, 2.24) is 14.2 Å². The van der Waals surface area contributed by atoms with Gasteiger partial charge >= 0.3 is 5.76 Å². The topological polar surface area (TPSA) is 102 Å². The van der Waals surface area contributed by atoms with Gasteiger partial charge in [0.2, 0.25) is 15.9 Å². The van der Waals surface area contributed by atoms with Crippen LogP contribution in [0.3, 0.4) is 0 Å². The third kappa shape index (κ3) is 4.32. The first kappa shape index (κ1) is 21.1. The second kappa shape index (κ2) is 8.19. The molecule has 4 rings (SSSR count). The molecular formula is C21H29N3O5S. The average Bonchev–Trinajstić information content (AvgIpc) is 3.28. The zero-order chi connectivity index (χ0) is 21.5. The van der Waals surface area contributed by atoms with E-state index in [-0.39, 0.29) is 29.0 Å². The van der Waals surface area contributed by atoms with Crippen molar-refractivity contribution < 1.29 is 17.6 Å². The maximum Gasteiger partial charge on any atom is 0.420 e. The summed E-state index contributed by atoms with van der Waals surface area (Å²) in [7, 11) is -3.69. The Morgan fingerprint density at radius 3 is 2.50 bits per heavy atom. The first-order chi connectivity index (χ1) is 14.2. The van der Waals surface area contributed by atoms with E-state index in [4.69, 9.17) is 4.42 Å². The van der Waals surface area contributed by atoms with Gasteiger partial charge in [-0.1, -0.05) is 26.7 Å². The van der Waals surface area contributed by atoms with E-state index in [1.807, 2.05) is 0 Å². The molecule has 1 N–H and O–H groups in total. The molecule has 1 saturated carbocycles. The van der Waals surface area contributed by atoms with Crippen LogP contribution in [0.25, 0.3) is 11.1 Å². The van der Waals surface area contributed by atoms with E-state index in [1.165, 1.54) is 22.8 Å². The lowest BCUT2D eigenvalue weighted by Crippen LogP contribution is -2.44. The summed E-state index contributed by atoms with van der Waals surface area (Å²) in [6.45, 7) is 5.50. The minimum absolute atomic E-state index is 0.0470. The van der Waals surface area contributed by atoms with E-state index in [1.54, 1.807) is 4.90 Å². The summed E-state index contributed by atoms with van der Waals surface area (Å²) in [5, 5.41) is 0. The van der Waals surface area contributed by atoms with Gasteiger partial charge in [0.1, 0.15) is 6.54 Å². The highest BCUT2D eigenvalue weighted by atomic mass is 32.2. The Hall–Kier alpha value is -2.13. The molecule has 2 aliphatic rings. The highest BCUT2D eigenvalue weighted by molar-refractivity contribution is 7.89. The van der Waals surface area contributed by atoms with Crippen LogP contribution in [-0.2, 0) is 21.4 Å². The predicted molar refractivity (Wildman–Crippen MR) is 113 cm³/mol. The fourth-order valence-corrected chi connectivity index (χ4v) is 6.12. The lowest BCUT2D eigenvalue weighted by molar-refractivity contribution is -0.134. The molecule has 2 unspecified atom stereocenters. The number of nitrogens with zero attached hydrogens (tertiary/aromatic N) is 2. The maximum absolute atomic E-state index is 12.8. The number of sulfonamides is 1. The van der Waals surface area contributed by atoms with Crippen LogP contribution >= 0.6 is 0 Å². The standard InChI is InChI=1S/C21H29N3O5S/c1-14-9-15(2)12-23(11-14)20(25)13-24-18-8-7-17(10-19(18)29-21(24)26)30(27,28)22-16-5-3-4-6-16/h7-8,10,14-16,22H,3-6,9,11-13H2,1-2H3. The molecule has 2 atom stereocenters. The van der Waals surface area contributed by atoms with Crippen molar-refractivity contribution >= 4 is 27.0 Å². The van der Waals surface area contributed by atoms with Crippen LogP contribution in [-0.4, -0.2) is 42.9 Å². The number of benzene rings is 1. The van der Waals surface area contributed by atoms with E-state index in [0.29, 0.717) is 30.4 Å². The average molecular weight is 436 g/mol. The molecular weight excluding hydrogens is 406 g/mol. The summed E-state index contributed by atoms with van der Waals surface area (Å²) in [4.78, 5) is 27.0. The fraction of sp³-hybridized carbons (Fsp3) is 0.619. The monoisotopic (exact) mass is 435 g/mol. The molecule has 2 heterocycles. The molecule has 8 nitrogen and oxygen atoms in total. The van der Waals surface area contributed by atoms with Gasteiger partial charge in [0.05, 0.1) is 10.4 Å². The molecule has 1 aliphatic heterocycles. The van der Waals surface area contributed by atoms with Crippen molar-refractivity contribution in [2.24, 2.45) is 11.8 Å². The highest BCUT2D eigenvalue weighted by Crippen LogP contribution is 2.24. The number of carbonyl (C=O) groups excluding carboxylic acids is 1. The van der Waals surface area contributed by atoms with Crippen molar-refractivity contribution in [1.29, 1.82) is 0 Å². The number of rotatable bonds is 5. The molecule has 1 aromatic carbocycles. The number of hydrogen-bond donors (Lipinski definition) is 1. The number of nitrogens with one attached hydrogen (secondary N) is 1. The van der Waals surface area contributed by atoms with Gasteiger partial charge < -0.3 is 9.32 Å². The van der Waals surface area contributed by atoms with Crippen LogP contribution < -0.4 is 10.5 Å². The zero-order valence-corrected chi connectivity index (χ0v) is 18.3. The fourth-order valence-electron chi connectivity index (χ4n) is 4.80. The normalized spacial score (nSPS) is 23.3. The van der Waals surface area contributed by atoms with Gasteiger partial charge in [-0.2, -0.15) is 0 Å². The largest absolute Gasteiger partial charge is 0.420 e. The number of oxazole rings is 1. The van der Waals surface area contributed by atoms with E-state index < -0.39 is 15.8 Å². The molecule has 2 fully saturated rings. The lowest BCUT2D eigenvalue weighted by Gasteiger charge is -2.35. The van der Waals surface area contributed by atoms with Crippen LogP contribution in [0.1, 0.15) is 46.0 Å². The summed E-state index contributed by atoms with van der Waals surface area (Å²) in [5.41, 5.74) is 0.591. The van der Waals surface area contributed by atoms with Crippen LogP contribution in [0.5, 0.6) is 0 Å². The zero-order valence-electron chi connectivity index (χ0n) is 17.5. The number of piperidine rings is 1. The molecule has 2 aromatic rings. The molecule has 0 spiro atoms. The summed E-state index contributed by atoms with van der Waals surface area (Å²) in [6.07, 6.45) is 4.80. The van der Waals surface area contributed by atoms with Gasteiger partial charge in [-0.05, 0) is 43.2 Å². The van der Waals surface area contributed by atoms with Gasteiger partial charge in [-0.15, -0.1) is 0 Å². The SMILES string of the molecule is CC1CC(C)CN(C(=O)Cn2c(=O)oc3cc(S(=O)(=O)NC4CCCC4)ccc32)C1. The van der Waals surface area contributed by atoms with Crippen molar-refractivity contribution in [3.63, 3.8) is 0 Å². The Morgan fingerprint density at radius 2 is 1.83 bits per heavy atom. The number of fused-ring (bicyclic) bond motifs is 1. The summed E-state index contributed by atoms with van der Waals surface area (Å²) >= 11 is 0. The van der Waals surface area contributed by atoms with Crippen molar-refractivity contribution in [2.75, 3.05) is 13.1 Å². The van der Waals surface area contributed by atoms with Crippen molar-refractivity contribution in [2.45, 2.75) is 63.4 Å². The molecule has 9 heteroatoms. The third-order valence-corrected chi connectivity index (χ3v) is 7.66. The number of carbonyl (C=O) groups is 1. The lowest BCUT2D eigenvalue weighted by atomic mass is 9.92. The first-order valence-electron chi connectivity index (χ1n) is 10.7. The Kier molecular flexibility index (Phi) is 5.76. The predicted octanol–water partition coefficient (Wildman–Crippen LogP) is 2.32. The molecule has 0 bridgehead atoms. The van der Waals surface area contributed by atoms with Gasteiger partial charge in [0, 0.05) is 25.2 Å². The second-order valence-corrected chi connectivity index (χ2v) is 10.6. The molecule has 1 saturated heterocycles. The van der Waals surface area contributed by atoms with Gasteiger partial charge in [-0.3, -0.25) is 9.36 Å². The molecule has 1 amide bonds. The summed E-state index contributed by atoms with van der Waals surface area (Å²) < 4.78 is 34.6. The van der Waals surface area contributed by atoms with Crippen molar-refractivity contribution in [3.05, 3.63) is 28.7 Å². The Bertz CT molecular complexity index is 1090. The van der Waals surface area contributed by atoms with E-state index >= 15 is 0 Å². The Morgan fingerprint density at radius 1 is 1.17 bits per heavy atom. The Balaban J connectivity index is 1.56. The number of hydrogen-bond acceptors (Lipinski definition) is 5. The second-order valence-electron chi connectivity index (χ2n) is 8.93. The molecule has 1 aliphatic carbocycles. The molecule has 1 aromatic heterocycles. The van der Waals surface area contributed by atoms with Crippen molar-refractivity contribution in [3.8, 4) is 0 Å². The third-order valence-electron chi connectivity index (χ3n) is 6.14.